The molecule has 0 N–H and O–H groups in total. The summed E-state index contributed by atoms with van der Waals surface area (Å²) in [5, 5.41) is 0. The van der Waals surface area contributed by atoms with Crippen LogP contribution in [0.4, 0.5) is 0 Å². The van der Waals surface area contributed by atoms with Crippen LogP contribution in [0.2, 0.25) is 0 Å². The molecule has 2 aromatic carbocycles. The molecule has 0 saturated carbocycles. The first kappa shape index (κ1) is 19.2. The van der Waals surface area contributed by atoms with Gasteiger partial charge in [-0.25, -0.2) is 0 Å². The van der Waals surface area contributed by atoms with E-state index in [-0.39, 0.29) is 0 Å². The molecule has 0 saturated heterocycles. The van der Waals surface area contributed by atoms with E-state index in [9.17, 15) is 9.59 Å². The van der Waals surface area contributed by atoms with Gasteiger partial charge in [0.25, 0.3) is 0 Å². The molecule has 0 fully saturated rings. The van der Waals surface area contributed by atoms with Gasteiger partial charge in [-0.2, -0.15) is 0 Å². The molecule has 0 aliphatic carbocycles. The van der Waals surface area contributed by atoms with Crippen LogP contribution in [0, 0.1) is 0 Å². The standard InChI is InChI=1S/C22H14O2S4/c23-13-17-11-19(15-7-3-1-4-8-15)25-21(17)27-28-22-18(14-24)12-20(26-22)16-9-5-2-6-10-16/h1-14H. The van der Waals surface area contributed by atoms with Crippen LogP contribution in [-0.2, 0) is 0 Å². The first-order chi connectivity index (χ1) is 13.8. The molecule has 0 aliphatic rings. The summed E-state index contributed by atoms with van der Waals surface area (Å²) in [5.74, 6) is 0. The number of rotatable bonds is 7. The molecule has 0 spiro atoms. The predicted octanol–water partition coefficient (Wildman–Crippen LogP) is 7.57. The van der Waals surface area contributed by atoms with Crippen molar-refractivity contribution in [3.63, 3.8) is 0 Å². The van der Waals surface area contributed by atoms with E-state index < -0.39 is 0 Å². The van der Waals surface area contributed by atoms with Gasteiger partial charge in [-0.3, -0.25) is 9.59 Å². The minimum absolute atomic E-state index is 0.689. The molecule has 0 atom stereocenters. The summed E-state index contributed by atoms with van der Waals surface area (Å²) < 4.78 is 1.90. The van der Waals surface area contributed by atoms with Crippen LogP contribution in [0.25, 0.3) is 20.9 Å². The third-order valence-corrected chi connectivity index (χ3v) is 9.74. The minimum atomic E-state index is 0.689. The summed E-state index contributed by atoms with van der Waals surface area (Å²) in [7, 11) is 3.07. The Morgan fingerprint density at radius 3 is 1.36 bits per heavy atom. The molecule has 2 heterocycles. The van der Waals surface area contributed by atoms with Crippen molar-refractivity contribution in [2.24, 2.45) is 0 Å². The number of carbonyl (C=O) groups excluding carboxylic acids is 2. The van der Waals surface area contributed by atoms with Gasteiger partial charge in [0.15, 0.2) is 12.6 Å². The maximum atomic E-state index is 11.5. The monoisotopic (exact) mass is 438 g/mol. The fraction of sp³-hybridized carbons (Fsp3) is 0. The molecule has 0 amide bonds. The molecule has 2 nitrogen and oxygen atoms in total. The van der Waals surface area contributed by atoms with E-state index in [1.807, 2.05) is 72.8 Å². The number of aldehydes is 2. The summed E-state index contributed by atoms with van der Waals surface area (Å²) in [6.45, 7) is 0. The second-order valence-corrected chi connectivity index (χ2v) is 10.6. The second kappa shape index (κ2) is 8.92. The van der Waals surface area contributed by atoms with Gasteiger partial charge in [-0.05, 0) is 44.8 Å². The van der Waals surface area contributed by atoms with Gasteiger partial charge in [-0.15, -0.1) is 22.7 Å². The molecular formula is C22H14O2S4. The lowest BCUT2D eigenvalue weighted by Gasteiger charge is -1.98. The van der Waals surface area contributed by atoms with Gasteiger partial charge >= 0.3 is 0 Å². The third kappa shape index (κ3) is 4.15. The van der Waals surface area contributed by atoms with Crippen LogP contribution < -0.4 is 0 Å². The van der Waals surface area contributed by atoms with Crippen molar-refractivity contribution in [1.29, 1.82) is 0 Å². The van der Waals surface area contributed by atoms with Crippen LogP contribution >= 0.6 is 44.3 Å². The summed E-state index contributed by atoms with van der Waals surface area (Å²) in [6.07, 6.45) is 1.80. The average Bonchev–Trinajstić information content (AvgIpc) is 3.37. The zero-order valence-electron chi connectivity index (χ0n) is 14.5. The van der Waals surface area contributed by atoms with Gasteiger partial charge in [0, 0.05) is 20.9 Å². The Bertz CT molecular complexity index is 1010. The van der Waals surface area contributed by atoms with Crippen molar-refractivity contribution in [3.8, 4) is 20.9 Å². The van der Waals surface area contributed by atoms with Crippen molar-refractivity contribution in [2.75, 3.05) is 0 Å². The Morgan fingerprint density at radius 1 is 0.607 bits per heavy atom. The predicted molar refractivity (Wildman–Crippen MR) is 122 cm³/mol. The van der Waals surface area contributed by atoms with Crippen molar-refractivity contribution < 1.29 is 9.59 Å². The fourth-order valence-corrected chi connectivity index (χ4v) is 7.99. The maximum Gasteiger partial charge on any atom is 0.152 e. The maximum absolute atomic E-state index is 11.5. The largest absolute Gasteiger partial charge is 0.298 e. The van der Waals surface area contributed by atoms with Crippen molar-refractivity contribution in [3.05, 3.63) is 83.9 Å². The molecule has 138 valence electrons. The third-order valence-electron chi connectivity index (χ3n) is 4.01. The first-order valence-electron chi connectivity index (χ1n) is 8.42. The van der Waals surface area contributed by atoms with E-state index in [1.54, 1.807) is 22.7 Å². The SMILES string of the molecule is O=Cc1cc(-c2ccccc2)sc1SSc1sc(-c2ccccc2)cc1C=O. The van der Waals surface area contributed by atoms with Gasteiger partial charge < -0.3 is 0 Å². The lowest BCUT2D eigenvalue weighted by atomic mass is 10.2. The van der Waals surface area contributed by atoms with Crippen LogP contribution in [0.1, 0.15) is 20.7 Å². The van der Waals surface area contributed by atoms with Crippen LogP contribution in [0.15, 0.2) is 81.2 Å². The Hall–Kier alpha value is -2.12. The van der Waals surface area contributed by atoms with E-state index in [4.69, 9.17) is 0 Å². The Labute approximate surface area is 179 Å². The summed E-state index contributed by atoms with van der Waals surface area (Å²) in [4.78, 5) is 25.2. The topological polar surface area (TPSA) is 34.1 Å². The number of carbonyl (C=O) groups is 2. The number of hydrogen-bond acceptors (Lipinski definition) is 6. The molecule has 4 rings (SSSR count). The summed E-state index contributed by atoms with van der Waals surface area (Å²) in [6, 6.07) is 23.9. The number of hydrogen-bond donors (Lipinski definition) is 0. The van der Waals surface area contributed by atoms with Gasteiger partial charge in [0.2, 0.25) is 0 Å². The Morgan fingerprint density at radius 2 is 1.00 bits per heavy atom. The zero-order valence-corrected chi connectivity index (χ0v) is 17.8. The quantitative estimate of drug-likeness (QED) is 0.220. The smallest absolute Gasteiger partial charge is 0.152 e. The Kier molecular flexibility index (Phi) is 6.12. The highest BCUT2D eigenvalue weighted by atomic mass is 33.1. The van der Waals surface area contributed by atoms with Gasteiger partial charge in [0.1, 0.15) is 0 Å². The van der Waals surface area contributed by atoms with E-state index in [0.717, 1.165) is 41.9 Å². The molecule has 4 aromatic rings. The van der Waals surface area contributed by atoms with E-state index in [2.05, 4.69) is 0 Å². The summed E-state index contributed by atoms with van der Waals surface area (Å²) in [5.41, 5.74) is 3.58. The van der Waals surface area contributed by atoms with Crippen LogP contribution in [0.3, 0.4) is 0 Å². The van der Waals surface area contributed by atoms with Crippen molar-refractivity contribution in [2.45, 2.75) is 8.42 Å². The average molecular weight is 439 g/mol. The molecule has 0 bridgehead atoms. The molecule has 0 aliphatic heterocycles. The molecule has 28 heavy (non-hydrogen) atoms. The minimum Gasteiger partial charge on any atom is -0.298 e. The second-order valence-electron chi connectivity index (χ2n) is 5.84. The van der Waals surface area contributed by atoms with E-state index >= 15 is 0 Å². The fourth-order valence-electron chi connectivity index (χ4n) is 2.64. The Balaban J connectivity index is 1.58. The number of thiophene rings is 2. The van der Waals surface area contributed by atoms with Crippen molar-refractivity contribution in [1.82, 2.24) is 0 Å². The van der Waals surface area contributed by atoms with Crippen LogP contribution in [-0.4, -0.2) is 12.6 Å². The van der Waals surface area contributed by atoms with Gasteiger partial charge in [0.05, 0.1) is 8.42 Å². The van der Waals surface area contributed by atoms with E-state index in [1.165, 1.54) is 21.6 Å². The normalized spacial score (nSPS) is 10.7. The first-order valence-corrected chi connectivity index (χ1v) is 12.2. The van der Waals surface area contributed by atoms with E-state index in [0.29, 0.717) is 11.1 Å². The molecule has 0 radical (unpaired) electrons. The van der Waals surface area contributed by atoms with Gasteiger partial charge in [-0.1, -0.05) is 60.7 Å². The van der Waals surface area contributed by atoms with Crippen LogP contribution in [0.5, 0.6) is 0 Å². The molecule has 6 heteroatoms. The molecule has 0 unspecified atom stereocenters. The lowest BCUT2D eigenvalue weighted by Crippen LogP contribution is -1.76. The molecular weight excluding hydrogens is 425 g/mol. The zero-order chi connectivity index (χ0) is 19.3. The lowest BCUT2D eigenvalue weighted by molar-refractivity contribution is 0.111. The molecule has 2 aromatic heterocycles. The highest BCUT2D eigenvalue weighted by Crippen LogP contribution is 2.48. The summed E-state index contributed by atoms with van der Waals surface area (Å²) >= 11 is 3.20. The number of benzene rings is 2. The van der Waals surface area contributed by atoms with Crippen molar-refractivity contribution >= 4 is 56.8 Å². The highest BCUT2D eigenvalue weighted by molar-refractivity contribution is 8.77. The highest BCUT2D eigenvalue weighted by Gasteiger charge is 2.15.